The molecule has 0 atom stereocenters. The second-order valence-corrected chi connectivity index (χ2v) is 6.04. The Hall–Kier alpha value is -1.65. The zero-order valence-corrected chi connectivity index (χ0v) is 11.7. The van der Waals surface area contributed by atoms with Crippen LogP contribution in [-0.4, -0.2) is 26.6 Å². The van der Waals surface area contributed by atoms with Gasteiger partial charge in [0, 0.05) is 16.8 Å². The molecule has 0 spiro atoms. The van der Waals surface area contributed by atoms with Gasteiger partial charge in [-0.1, -0.05) is 6.42 Å². The Bertz CT molecular complexity index is 512. The molecule has 2 aliphatic carbocycles. The molecule has 5 heteroatoms. The highest BCUT2D eigenvalue weighted by Gasteiger charge is 2.39. The first kappa shape index (κ1) is 13.3. The topological polar surface area (TPSA) is 75.1 Å². The van der Waals surface area contributed by atoms with Gasteiger partial charge in [0.1, 0.15) is 12.1 Å². The van der Waals surface area contributed by atoms with Gasteiger partial charge in [0.2, 0.25) is 0 Å². The second-order valence-electron chi connectivity index (χ2n) is 6.04. The standard InChI is InChI=1S/C15H21N3O2/c19-13(20)9-15(7-4-8-15)18-14-11-5-2-1-3-6-12(11)16-10-17-14/h10H,1-9H2,(H,19,20)(H,16,17,18). The largest absolute Gasteiger partial charge is 0.481 e. The Morgan fingerprint density at radius 1 is 1.20 bits per heavy atom. The van der Waals surface area contributed by atoms with Crippen molar-refractivity contribution in [1.29, 1.82) is 0 Å². The summed E-state index contributed by atoms with van der Waals surface area (Å²) in [6, 6.07) is 0. The highest BCUT2D eigenvalue weighted by atomic mass is 16.4. The first-order chi connectivity index (χ1) is 9.69. The summed E-state index contributed by atoms with van der Waals surface area (Å²) < 4.78 is 0. The lowest BCUT2D eigenvalue weighted by atomic mass is 9.74. The fraction of sp³-hybridized carbons (Fsp3) is 0.667. The van der Waals surface area contributed by atoms with E-state index in [1.54, 1.807) is 6.33 Å². The molecule has 0 saturated heterocycles. The highest BCUT2D eigenvalue weighted by molar-refractivity contribution is 5.70. The Morgan fingerprint density at radius 2 is 2.00 bits per heavy atom. The molecule has 1 aromatic heterocycles. The van der Waals surface area contributed by atoms with E-state index >= 15 is 0 Å². The zero-order valence-electron chi connectivity index (χ0n) is 11.7. The van der Waals surface area contributed by atoms with E-state index in [9.17, 15) is 4.79 Å². The maximum Gasteiger partial charge on any atom is 0.305 e. The number of aryl methyl sites for hydroxylation is 1. The second kappa shape index (κ2) is 5.38. The van der Waals surface area contributed by atoms with Gasteiger partial charge in [-0.3, -0.25) is 4.79 Å². The van der Waals surface area contributed by atoms with E-state index < -0.39 is 5.97 Å². The van der Waals surface area contributed by atoms with Crippen LogP contribution in [0.2, 0.25) is 0 Å². The van der Waals surface area contributed by atoms with Crippen molar-refractivity contribution in [2.75, 3.05) is 5.32 Å². The lowest BCUT2D eigenvalue weighted by molar-refractivity contribution is -0.138. The van der Waals surface area contributed by atoms with Crippen LogP contribution in [0.1, 0.15) is 56.2 Å². The molecule has 1 aromatic rings. The summed E-state index contributed by atoms with van der Waals surface area (Å²) in [5, 5.41) is 12.5. The first-order valence-corrected chi connectivity index (χ1v) is 7.51. The summed E-state index contributed by atoms with van der Waals surface area (Å²) in [5.41, 5.74) is 2.06. The fourth-order valence-corrected chi connectivity index (χ4v) is 3.30. The van der Waals surface area contributed by atoms with Crippen LogP contribution in [0.4, 0.5) is 5.82 Å². The van der Waals surface area contributed by atoms with Crippen molar-refractivity contribution in [2.45, 2.75) is 63.3 Å². The number of rotatable bonds is 4. The van der Waals surface area contributed by atoms with Crippen molar-refractivity contribution in [3.63, 3.8) is 0 Å². The van der Waals surface area contributed by atoms with E-state index in [-0.39, 0.29) is 12.0 Å². The van der Waals surface area contributed by atoms with Gasteiger partial charge in [-0.2, -0.15) is 0 Å². The smallest absolute Gasteiger partial charge is 0.305 e. The minimum Gasteiger partial charge on any atom is -0.481 e. The van der Waals surface area contributed by atoms with Crippen molar-refractivity contribution in [2.24, 2.45) is 0 Å². The van der Waals surface area contributed by atoms with Crippen LogP contribution < -0.4 is 5.32 Å². The number of aromatic nitrogens is 2. The van der Waals surface area contributed by atoms with Crippen LogP contribution in [0.25, 0.3) is 0 Å². The van der Waals surface area contributed by atoms with Crippen LogP contribution in [0.5, 0.6) is 0 Å². The maximum atomic E-state index is 11.1. The molecule has 0 unspecified atom stereocenters. The normalized spacial score (nSPS) is 20.4. The van der Waals surface area contributed by atoms with E-state index in [2.05, 4.69) is 15.3 Å². The molecule has 20 heavy (non-hydrogen) atoms. The average Bonchev–Trinajstić information content (AvgIpc) is 2.61. The van der Waals surface area contributed by atoms with Gasteiger partial charge < -0.3 is 10.4 Å². The molecule has 108 valence electrons. The van der Waals surface area contributed by atoms with Gasteiger partial charge in [-0.25, -0.2) is 9.97 Å². The van der Waals surface area contributed by atoms with Crippen molar-refractivity contribution in [3.8, 4) is 0 Å². The van der Waals surface area contributed by atoms with E-state index in [4.69, 9.17) is 5.11 Å². The monoisotopic (exact) mass is 275 g/mol. The van der Waals surface area contributed by atoms with Crippen LogP contribution >= 0.6 is 0 Å². The third-order valence-corrected chi connectivity index (χ3v) is 4.56. The summed E-state index contributed by atoms with van der Waals surface area (Å²) >= 11 is 0. The minimum absolute atomic E-state index is 0.172. The van der Waals surface area contributed by atoms with E-state index in [1.807, 2.05) is 0 Å². The Morgan fingerprint density at radius 3 is 2.70 bits per heavy atom. The quantitative estimate of drug-likeness (QED) is 0.826. The zero-order chi connectivity index (χ0) is 14.0. The molecular weight excluding hydrogens is 254 g/mol. The summed E-state index contributed by atoms with van der Waals surface area (Å²) in [4.78, 5) is 19.9. The third kappa shape index (κ3) is 2.62. The number of carbonyl (C=O) groups is 1. The first-order valence-electron chi connectivity index (χ1n) is 7.51. The summed E-state index contributed by atoms with van der Waals surface area (Å²) in [6.45, 7) is 0. The molecule has 1 heterocycles. The predicted molar refractivity (Wildman–Crippen MR) is 75.7 cm³/mol. The number of hydrogen-bond acceptors (Lipinski definition) is 4. The van der Waals surface area contributed by atoms with E-state index in [1.165, 1.54) is 24.8 Å². The number of nitrogens with zero attached hydrogens (tertiary/aromatic N) is 2. The van der Waals surface area contributed by atoms with Gasteiger partial charge in [0.25, 0.3) is 0 Å². The molecule has 0 aliphatic heterocycles. The molecule has 1 saturated carbocycles. The van der Waals surface area contributed by atoms with Crippen LogP contribution in [0.15, 0.2) is 6.33 Å². The summed E-state index contributed by atoms with van der Waals surface area (Å²) in [6.07, 6.45) is 10.3. The lowest BCUT2D eigenvalue weighted by Gasteiger charge is -2.42. The number of hydrogen-bond donors (Lipinski definition) is 2. The number of nitrogens with one attached hydrogen (secondary N) is 1. The van der Waals surface area contributed by atoms with Crippen molar-refractivity contribution >= 4 is 11.8 Å². The molecule has 2 aliphatic rings. The summed E-state index contributed by atoms with van der Waals surface area (Å²) in [5.74, 6) is 0.134. The maximum absolute atomic E-state index is 11.1. The molecule has 5 nitrogen and oxygen atoms in total. The predicted octanol–water partition coefficient (Wildman–Crippen LogP) is 2.55. The highest BCUT2D eigenvalue weighted by Crippen LogP contribution is 2.39. The molecule has 0 bridgehead atoms. The van der Waals surface area contributed by atoms with Gasteiger partial charge in [0.15, 0.2) is 0 Å². The Balaban J connectivity index is 1.85. The molecular formula is C15H21N3O2. The van der Waals surface area contributed by atoms with Crippen molar-refractivity contribution in [1.82, 2.24) is 9.97 Å². The van der Waals surface area contributed by atoms with E-state index in [0.717, 1.165) is 43.6 Å². The summed E-state index contributed by atoms with van der Waals surface area (Å²) in [7, 11) is 0. The van der Waals surface area contributed by atoms with Gasteiger partial charge in [-0.05, 0) is 44.9 Å². The minimum atomic E-state index is -0.739. The number of fused-ring (bicyclic) bond motifs is 1. The lowest BCUT2D eigenvalue weighted by Crippen LogP contribution is -2.47. The number of carboxylic acid groups (broad SMARTS) is 1. The molecule has 0 radical (unpaired) electrons. The van der Waals surface area contributed by atoms with E-state index in [0.29, 0.717) is 0 Å². The molecule has 0 aromatic carbocycles. The van der Waals surface area contributed by atoms with Crippen LogP contribution in [0, 0.1) is 0 Å². The number of aliphatic carboxylic acids is 1. The molecule has 2 N–H and O–H groups in total. The average molecular weight is 275 g/mol. The fourth-order valence-electron chi connectivity index (χ4n) is 3.30. The van der Waals surface area contributed by atoms with Gasteiger partial charge in [-0.15, -0.1) is 0 Å². The number of anilines is 1. The molecule has 1 fully saturated rings. The molecule has 0 amide bonds. The Kier molecular flexibility index (Phi) is 3.59. The molecule has 3 rings (SSSR count). The van der Waals surface area contributed by atoms with Crippen LogP contribution in [0.3, 0.4) is 0 Å². The van der Waals surface area contributed by atoms with Gasteiger partial charge >= 0.3 is 5.97 Å². The van der Waals surface area contributed by atoms with Crippen molar-refractivity contribution in [3.05, 3.63) is 17.6 Å². The number of carboxylic acids is 1. The van der Waals surface area contributed by atoms with Gasteiger partial charge in [0.05, 0.1) is 6.42 Å². The Labute approximate surface area is 118 Å². The van der Waals surface area contributed by atoms with Crippen LogP contribution in [-0.2, 0) is 17.6 Å². The van der Waals surface area contributed by atoms with Crippen molar-refractivity contribution < 1.29 is 9.90 Å². The third-order valence-electron chi connectivity index (χ3n) is 4.56. The SMILES string of the molecule is O=C(O)CC1(Nc2ncnc3c2CCCCC3)CCC1.